The van der Waals surface area contributed by atoms with Crippen molar-refractivity contribution in [2.45, 2.75) is 33.2 Å². The molecule has 0 aliphatic carbocycles. The van der Waals surface area contributed by atoms with Gasteiger partial charge in [-0.3, -0.25) is 4.79 Å². The van der Waals surface area contributed by atoms with Crippen molar-refractivity contribution in [3.05, 3.63) is 53.5 Å². The second-order valence-electron chi connectivity index (χ2n) is 6.16. The molecular formula is C19H24N4O. The third kappa shape index (κ3) is 3.72. The first-order valence-corrected chi connectivity index (χ1v) is 8.61. The maximum atomic E-state index is 12.6. The monoisotopic (exact) mass is 324 g/mol. The minimum Gasteiger partial charge on any atom is -0.352 e. The van der Waals surface area contributed by atoms with Crippen LogP contribution in [0.25, 0.3) is 0 Å². The normalized spacial score (nSPS) is 14.0. The van der Waals surface area contributed by atoms with Gasteiger partial charge in [0.05, 0.1) is 0 Å². The number of aryl methyl sites for hydroxylation is 1. The number of carbonyl (C=O) groups is 1. The highest BCUT2D eigenvalue weighted by atomic mass is 16.2. The van der Waals surface area contributed by atoms with Crippen LogP contribution in [-0.4, -0.2) is 40.4 Å². The molecule has 0 spiro atoms. The largest absolute Gasteiger partial charge is 0.352 e. The van der Waals surface area contributed by atoms with Gasteiger partial charge in [0.1, 0.15) is 17.3 Å². The van der Waals surface area contributed by atoms with Crippen molar-refractivity contribution in [3.63, 3.8) is 0 Å². The molecule has 2 aromatic rings. The maximum Gasteiger partial charge on any atom is 0.272 e. The molecule has 1 aliphatic heterocycles. The second kappa shape index (κ2) is 7.43. The van der Waals surface area contributed by atoms with Gasteiger partial charge in [-0.2, -0.15) is 0 Å². The highest BCUT2D eigenvalue weighted by Gasteiger charge is 2.22. The Bertz CT molecular complexity index is 696. The van der Waals surface area contributed by atoms with Gasteiger partial charge in [0.25, 0.3) is 5.91 Å². The lowest BCUT2D eigenvalue weighted by Gasteiger charge is -2.23. The van der Waals surface area contributed by atoms with E-state index >= 15 is 0 Å². The van der Waals surface area contributed by atoms with E-state index in [0.29, 0.717) is 11.5 Å². The lowest BCUT2D eigenvalue weighted by atomic mass is 10.2. The third-order valence-corrected chi connectivity index (χ3v) is 4.36. The molecular weight excluding hydrogens is 300 g/mol. The van der Waals surface area contributed by atoms with E-state index in [2.05, 4.69) is 33.9 Å². The molecule has 0 radical (unpaired) electrons. The molecule has 1 aromatic carbocycles. The molecule has 24 heavy (non-hydrogen) atoms. The van der Waals surface area contributed by atoms with Gasteiger partial charge in [0.2, 0.25) is 0 Å². The average molecular weight is 324 g/mol. The molecule has 1 fully saturated rings. The topological polar surface area (TPSA) is 49.3 Å². The minimum atomic E-state index is 0.0232. The van der Waals surface area contributed by atoms with Crippen LogP contribution in [0.2, 0.25) is 0 Å². The van der Waals surface area contributed by atoms with Crippen LogP contribution in [0.15, 0.2) is 36.4 Å². The number of anilines is 1. The fourth-order valence-corrected chi connectivity index (χ4v) is 3.06. The molecule has 2 heterocycles. The zero-order chi connectivity index (χ0) is 16.9. The summed E-state index contributed by atoms with van der Waals surface area (Å²) < 4.78 is 0. The number of amides is 1. The van der Waals surface area contributed by atoms with Crippen LogP contribution in [0, 0.1) is 6.92 Å². The highest BCUT2D eigenvalue weighted by Crippen LogP contribution is 2.18. The predicted molar refractivity (Wildman–Crippen MR) is 95.1 cm³/mol. The molecule has 0 saturated carbocycles. The third-order valence-electron chi connectivity index (χ3n) is 4.36. The van der Waals surface area contributed by atoms with E-state index in [4.69, 9.17) is 0 Å². The Balaban J connectivity index is 1.84. The standard InChI is InChI=1S/C19H24N4O/c1-3-22(14-16-9-5-4-6-10-16)18-13-17(20-15(2)21-18)19(24)23-11-7-8-12-23/h4-6,9-10,13H,3,7-8,11-12,14H2,1-2H3. The summed E-state index contributed by atoms with van der Waals surface area (Å²) in [6, 6.07) is 12.1. The molecule has 1 amide bonds. The van der Waals surface area contributed by atoms with Crippen LogP contribution in [-0.2, 0) is 6.54 Å². The molecule has 0 bridgehead atoms. The first kappa shape index (κ1) is 16.4. The highest BCUT2D eigenvalue weighted by molar-refractivity contribution is 5.93. The van der Waals surface area contributed by atoms with Crippen molar-refractivity contribution in [1.29, 1.82) is 0 Å². The average Bonchev–Trinajstić information content (AvgIpc) is 3.14. The first-order valence-electron chi connectivity index (χ1n) is 8.61. The maximum absolute atomic E-state index is 12.6. The van der Waals surface area contributed by atoms with Crippen LogP contribution in [0.3, 0.4) is 0 Å². The van der Waals surface area contributed by atoms with Crippen LogP contribution >= 0.6 is 0 Å². The molecule has 1 saturated heterocycles. The number of benzene rings is 1. The van der Waals surface area contributed by atoms with Crippen molar-refractivity contribution in [1.82, 2.24) is 14.9 Å². The summed E-state index contributed by atoms with van der Waals surface area (Å²) >= 11 is 0. The van der Waals surface area contributed by atoms with Crippen molar-refractivity contribution in [2.24, 2.45) is 0 Å². The number of carbonyl (C=O) groups excluding carboxylic acids is 1. The summed E-state index contributed by atoms with van der Waals surface area (Å²) in [5.74, 6) is 1.48. The van der Waals surface area contributed by atoms with Gasteiger partial charge in [-0.1, -0.05) is 30.3 Å². The van der Waals surface area contributed by atoms with E-state index in [0.717, 1.165) is 44.8 Å². The molecule has 0 atom stereocenters. The van der Waals surface area contributed by atoms with Crippen LogP contribution < -0.4 is 4.90 Å². The van der Waals surface area contributed by atoms with Gasteiger partial charge in [-0.25, -0.2) is 9.97 Å². The zero-order valence-corrected chi connectivity index (χ0v) is 14.4. The smallest absolute Gasteiger partial charge is 0.272 e. The molecule has 5 nitrogen and oxygen atoms in total. The molecule has 0 unspecified atom stereocenters. The molecule has 3 rings (SSSR count). The van der Waals surface area contributed by atoms with Gasteiger partial charge in [0.15, 0.2) is 0 Å². The van der Waals surface area contributed by atoms with Gasteiger partial charge in [0, 0.05) is 32.2 Å². The van der Waals surface area contributed by atoms with Crippen molar-refractivity contribution in [2.75, 3.05) is 24.5 Å². The molecule has 126 valence electrons. The Kier molecular flexibility index (Phi) is 5.08. The fraction of sp³-hybridized carbons (Fsp3) is 0.421. The zero-order valence-electron chi connectivity index (χ0n) is 14.4. The van der Waals surface area contributed by atoms with E-state index in [1.165, 1.54) is 5.56 Å². The molecule has 1 aromatic heterocycles. The van der Waals surface area contributed by atoms with Gasteiger partial charge in [-0.15, -0.1) is 0 Å². The number of hydrogen-bond donors (Lipinski definition) is 0. The summed E-state index contributed by atoms with van der Waals surface area (Å²) in [4.78, 5) is 25.6. The van der Waals surface area contributed by atoms with Crippen LogP contribution in [0.5, 0.6) is 0 Å². The number of likely N-dealkylation sites (tertiary alicyclic amines) is 1. The summed E-state index contributed by atoms with van der Waals surface area (Å²) in [6.45, 7) is 7.20. The lowest BCUT2D eigenvalue weighted by Crippen LogP contribution is -2.30. The summed E-state index contributed by atoms with van der Waals surface area (Å²) in [5, 5.41) is 0. The Morgan fingerprint density at radius 1 is 1.17 bits per heavy atom. The van der Waals surface area contributed by atoms with E-state index in [1.54, 1.807) is 0 Å². The van der Waals surface area contributed by atoms with Crippen molar-refractivity contribution >= 4 is 11.7 Å². The van der Waals surface area contributed by atoms with Crippen molar-refractivity contribution < 1.29 is 4.79 Å². The van der Waals surface area contributed by atoms with Gasteiger partial charge >= 0.3 is 0 Å². The summed E-state index contributed by atoms with van der Waals surface area (Å²) in [5.41, 5.74) is 1.73. The Labute approximate surface area is 143 Å². The lowest BCUT2D eigenvalue weighted by molar-refractivity contribution is 0.0786. The summed E-state index contributed by atoms with van der Waals surface area (Å²) in [6.07, 6.45) is 2.16. The van der Waals surface area contributed by atoms with Crippen LogP contribution in [0.4, 0.5) is 5.82 Å². The van der Waals surface area contributed by atoms with Crippen LogP contribution in [0.1, 0.15) is 41.6 Å². The number of aromatic nitrogens is 2. The molecule has 5 heteroatoms. The SMILES string of the molecule is CCN(Cc1ccccc1)c1cc(C(=O)N2CCCC2)nc(C)n1. The minimum absolute atomic E-state index is 0.0232. The van der Waals surface area contributed by atoms with Crippen molar-refractivity contribution in [3.8, 4) is 0 Å². The van der Waals surface area contributed by atoms with Gasteiger partial charge < -0.3 is 9.80 Å². The molecule has 0 N–H and O–H groups in total. The predicted octanol–water partition coefficient (Wildman–Crippen LogP) is 3.05. The number of rotatable bonds is 5. The van der Waals surface area contributed by atoms with E-state index in [9.17, 15) is 4.79 Å². The molecule has 1 aliphatic rings. The first-order chi connectivity index (χ1) is 11.7. The summed E-state index contributed by atoms with van der Waals surface area (Å²) in [7, 11) is 0. The number of hydrogen-bond acceptors (Lipinski definition) is 4. The van der Waals surface area contributed by atoms with E-state index in [-0.39, 0.29) is 5.91 Å². The fourth-order valence-electron chi connectivity index (χ4n) is 3.06. The van der Waals surface area contributed by atoms with E-state index < -0.39 is 0 Å². The second-order valence-corrected chi connectivity index (χ2v) is 6.16. The number of nitrogens with zero attached hydrogens (tertiary/aromatic N) is 4. The Morgan fingerprint density at radius 2 is 1.88 bits per heavy atom. The quantitative estimate of drug-likeness (QED) is 0.848. The van der Waals surface area contributed by atoms with Gasteiger partial charge in [-0.05, 0) is 32.3 Å². The van der Waals surface area contributed by atoms with E-state index in [1.807, 2.05) is 36.1 Å². The Morgan fingerprint density at radius 3 is 2.54 bits per heavy atom. The Hall–Kier alpha value is -2.43.